The molecule has 0 radical (unpaired) electrons. The molecule has 3 rings (SSSR count). The Bertz CT molecular complexity index is 930. The Hall–Kier alpha value is -2.66. The molecule has 2 aromatic carbocycles. The molecule has 4 nitrogen and oxygen atoms in total. The van der Waals surface area contributed by atoms with Crippen LogP contribution >= 0.6 is 0 Å². The van der Waals surface area contributed by atoms with Crippen molar-refractivity contribution in [2.24, 2.45) is 5.92 Å². The van der Waals surface area contributed by atoms with Gasteiger partial charge in [-0.1, -0.05) is 69.5 Å². The molecule has 1 aliphatic carbocycles. The van der Waals surface area contributed by atoms with Crippen LogP contribution in [-0.4, -0.2) is 30.9 Å². The molecule has 0 amide bonds. The number of carbonyl (C=O) groups is 1. The van der Waals surface area contributed by atoms with Gasteiger partial charge in [-0.15, -0.1) is 0 Å². The van der Waals surface area contributed by atoms with E-state index in [-0.39, 0.29) is 24.5 Å². The van der Waals surface area contributed by atoms with E-state index in [0.717, 1.165) is 17.0 Å². The fourth-order valence-electron chi connectivity index (χ4n) is 4.67. The van der Waals surface area contributed by atoms with E-state index in [1.807, 2.05) is 6.07 Å². The summed E-state index contributed by atoms with van der Waals surface area (Å²) in [5.74, 6) is 0.484. The third-order valence-electron chi connectivity index (χ3n) is 6.76. The van der Waals surface area contributed by atoms with Crippen LogP contribution in [0.15, 0.2) is 54.6 Å². The monoisotopic (exact) mass is 468 g/mol. The maximum atomic E-state index is 14.5. The Balaban J connectivity index is 1.49. The molecule has 1 N–H and O–H groups in total. The second kappa shape index (κ2) is 13.3. The van der Waals surface area contributed by atoms with Crippen molar-refractivity contribution in [1.29, 1.82) is 0 Å². The van der Waals surface area contributed by atoms with Gasteiger partial charge in [0.05, 0.1) is 12.2 Å². The Kier molecular flexibility index (Phi) is 10.1. The first-order chi connectivity index (χ1) is 16.5. The average Bonchev–Trinajstić information content (AvgIpc) is 2.87. The largest absolute Gasteiger partial charge is 0.487 e. The zero-order chi connectivity index (χ0) is 24.3. The summed E-state index contributed by atoms with van der Waals surface area (Å²) in [4.78, 5) is 11.4. The molecule has 0 spiro atoms. The Morgan fingerprint density at radius 2 is 1.74 bits per heavy atom. The third kappa shape index (κ3) is 7.42. The minimum absolute atomic E-state index is 0.0102. The number of halogens is 1. The predicted octanol–water partition coefficient (Wildman–Crippen LogP) is 6.82. The summed E-state index contributed by atoms with van der Waals surface area (Å²) in [6.45, 7) is 5.14. The number of hydrogen-bond donors (Lipinski definition) is 1. The van der Waals surface area contributed by atoms with Crippen molar-refractivity contribution in [3.63, 3.8) is 0 Å². The number of rotatable bonds is 12. The smallest absolute Gasteiger partial charge is 0.335 e. The fraction of sp³-hybridized carbons (Fsp3) is 0.483. The van der Waals surface area contributed by atoms with Crippen LogP contribution in [0.1, 0.15) is 69.8 Å². The summed E-state index contributed by atoms with van der Waals surface area (Å²) >= 11 is 0. The van der Waals surface area contributed by atoms with Gasteiger partial charge < -0.3 is 14.6 Å². The van der Waals surface area contributed by atoms with Crippen LogP contribution in [0.25, 0.3) is 11.1 Å². The van der Waals surface area contributed by atoms with Gasteiger partial charge in [0.25, 0.3) is 0 Å². The number of unbranched alkanes of at least 4 members (excludes halogenated alkanes) is 2. The van der Waals surface area contributed by atoms with Crippen LogP contribution in [-0.2, 0) is 9.53 Å². The molecule has 184 valence electrons. The van der Waals surface area contributed by atoms with Crippen molar-refractivity contribution in [1.82, 2.24) is 0 Å². The lowest BCUT2D eigenvalue weighted by molar-refractivity contribution is -0.140. The Morgan fingerprint density at radius 3 is 2.38 bits per heavy atom. The molecular weight excluding hydrogens is 431 g/mol. The summed E-state index contributed by atoms with van der Waals surface area (Å²) in [5, 5.41) is 8.84. The molecule has 0 bridgehead atoms. The van der Waals surface area contributed by atoms with E-state index in [9.17, 15) is 9.18 Å². The van der Waals surface area contributed by atoms with Crippen molar-refractivity contribution in [2.45, 2.75) is 64.2 Å². The molecule has 1 fully saturated rings. The molecule has 0 aliphatic heterocycles. The molecule has 0 aromatic heterocycles. The Labute approximate surface area is 202 Å². The van der Waals surface area contributed by atoms with E-state index in [1.54, 1.807) is 6.07 Å². The summed E-state index contributed by atoms with van der Waals surface area (Å²) < 4.78 is 24.8. The van der Waals surface area contributed by atoms with Gasteiger partial charge >= 0.3 is 5.97 Å². The number of benzene rings is 2. The van der Waals surface area contributed by atoms with Crippen LogP contribution in [0.2, 0.25) is 0 Å². The number of ether oxygens (including phenoxy) is 2. The zero-order valence-electron chi connectivity index (χ0n) is 20.2. The van der Waals surface area contributed by atoms with E-state index in [1.165, 1.54) is 63.0 Å². The second-order valence-corrected chi connectivity index (χ2v) is 9.23. The summed E-state index contributed by atoms with van der Waals surface area (Å²) in [7, 11) is 0. The highest BCUT2D eigenvalue weighted by Crippen LogP contribution is 2.38. The van der Waals surface area contributed by atoms with Crippen molar-refractivity contribution >= 4 is 5.97 Å². The summed E-state index contributed by atoms with van der Waals surface area (Å²) in [5.41, 5.74) is 3.12. The standard InChI is InChI=1S/C29H37FO4/c1-3-4-5-6-22-7-9-23(10-8-22)24-11-13-25(14-12-24)26-15-16-28(27(30)19-26)33-17-18-34-29(32)21(2)20-31/h11-16,19,22-23,31H,2-10,17-18,20H2,1H3. The van der Waals surface area contributed by atoms with E-state index in [0.29, 0.717) is 5.92 Å². The second-order valence-electron chi connectivity index (χ2n) is 9.23. The number of aliphatic hydroxyl groups excluding tert-OH is 1. The SMILES string of the molecule is C=C(CO)C(=O)OCCOc1ccc(-c2ccc(C3CCC(CCCCC)CC3)cc2)cc1F. The lowest BCUT2D eigenvalue weighted by atomic mass is 9.77. The summed E-state index contributed by atoms with van der Waals surface area (Å²) in [6, 6.07) is 13.4. The van der Waals surface area contributed by atoms with Crippen molar-refractivity contribution in [3.8, 4) is 16.9 Å². The quantitative estimate of drug-likeness (QED) is 0.211. The van der Waals surface area contributed by atoms with Gasteiger partial charge in [0, 0.05) is 0 Å². The molecule has 1 aliphatic rings. The molecule has 5 heteroatoms. The molecule has 0 heterocycles. The lowest BCUT2D eigenvalue weighted by Gasteiger charge is -2.29. The molecule has 1 saturated carbocycles. The topological polar surface area (TPSA) is 55.8 Å². The van der Waals surface area contributed by atoms with Gasteiger partial charge in [-0.2, -0.15) is 0 Å². The number of carbonyl (C=O) groups excluding carboxylic acids is 1. The van der Waals surface area contributed by atoms with Gasteiger partial charge in [0.1, 0.15) is 13.2 Å². The highest BCUT2D eigenvalue weighted by molar-refractivity contribution is 5.87. The van der Waals surface area contributed by atoms with Gasteiger partial charge in [0.2, 0.25) is 0 Å². The van der Waals surface area contributed by atoms with E-state index in [4.69, 9.17) is 14.6 Å². The van der Waals surface area contributed by atoms with Crippen molar-refractivity contribution in [3.05, 3.63) is 66.0 Å². The third-order valence-corrected chi connectivity index (χ3v) is 6.76. The van der Waals surface area contributed by atoms with Gasteiger partial charge in [-0.05, 0) is 66.3 Å². The first-order valence-corrected chi connectivity index (χ1v) is 12.5. The van der Waals surface area contributed by atoms with Gasteiger partial charge in [0.15, 0.2) is 11.6 Å². The zero-order valence-corrected chi connectivity index (χ0v) is 20.2. The summed E-state index contributed by atoms with van der Waals surface area (Å²) in [6.07, 6.45) is 10.6. The van der Waals surface area contributed by atoms with Crippen LogP contribution in [0.5, 0.6) is 5.75 Å². The number of hydrogen-bond acceptors (Lipinski definition) is 4. The maximum Gasteiger partial charge on any atom is 0.335 e. The minimum atomic E-state index is -0.689. The Morgan fingerprint density at radius 1 is 1.03 bits per heavy atom. The molecule has 2 aromatic rings. The van der Waals surface area contributed by atoms with Gasteiger partial charge in [-0.3, -0.25) is 0 Å². The van der Waals surface area contributed by atoms with Crippen molar-refractivity contribution in [2.75, 3.05) is 19.8 Å². The molecule has 34 heavy (non-hydrogen) atoms. The highest BCUT2D eigenvalue weighted by atomic mass is 19.1. The van der Waals surface area contributed by atoms with Crippen LogP contribution in [0, 0.1) is 11.7 Å². The minimum Gasteiger partial charge on any atom is -0.487 e. The van der Waals surface area contributed by atoms with E-state index < -0.39 is 18.4 Å². The molecule has 0 unspecified atom stereocenters. The van der Waals surface area contributed by atoms with Crippen LogP contribution < -0.4 is 4.74 Å². The maximum absolute atomic E-state index is 14.5. The normalized spacial score (nSPS) is 17.9. The van der Waals surface area contributed by atoms with Gasteiger partial charge in [-0.25, -0.2) is 9.18 Å². The van der Waals surface area contributed by atoms with Crippen LogP contribution in [0.3, 0.4) is 0 Å². The average molecular weight is 469 g/mol. The fourth-order valence-corrected chi connectivity index (χ4v) is 4.67. The molecular formula is C29H37FO4. The van der Waals surface area contributed by atoms with Crippen molar-refractivity contribution < 1.29 is 23.8 Å². The number of esters is 1. The van der Waals surface area contributed by atoms with Crippen LogP contribution in [0.4, 0.5) is 4.39 Å². The first kappa shape index (κ1) is 26.0. The predicted molar refractivity (Wildman–Crippen MR) is 133 cm³/mol. The lowest BCUT2D eigenvalue weighted by Crippen LogP contribution is -2.15. The van der Waals surface area contributed by atoms with E-state index in [2.05, 4.69) is 37.8 Å². The molecule has 0 atom stereocenters. The van der Waals surface area contributed by atoms with E-state index >= 15 is 0 Å². The highest BCUT2D eigenvalue weighted by Gasteiger charge is 2.22. The number of aliphatic hydroxyl groups is 1. The molecule has 0 saturated heterocycles. The first-order valence-electron chi connectivity index (χ1n) is 12.5.